The highest BCUT2D eigenvalue weighted by molar-refractivity contribution is 9.39. The smallest absolute Gasteiger partial charge is 0.0111 e. The van der Waals surface area contributed by atoms with E-state index < -0.39 is 0 Å². The van der Waals surface area contributed by atoms with Crippen molar-refractivity contribution >= 4 is 22.1 Å². The van der Waals surface area contributed by atoms with E-state index in [4.69, 9.17) is 0 Å². The summed E-state index contributed by atoms with van der Waals surface area (Å²) >= 11 is 3.86. The van der Waals surface area contributed by atoms with Gasteiger partial charge < -0.3 is 0 Å². The van der Waals surface area contributed by atoms with Gasteiger partial charge in [-0.1, -0.05) is 48.1 Å². The van der Waals surface area contributed by atoms with Crippen LogP contribution in [0.4, 0.5) is 0 Å². The number of hydrogen-bond donors (Lipinski definition) is 0. The minimum Gasteiger partial charge on any atom is -0.0650 e. The lowest BCUT2D eigenvalue weighted by atomic mass is 10.0. The first kappa shape index (κ1) is 9.99. The lowest BCUT2D eigenvalue weighted by Gasteiger charge is -2.26. The molecule has 66 valence electrons. The van der Waals surface area contributed by atoms with Gasteiger partial charge in [-0.2, -0.15) is 0 Å². The standard InChI is InChI=1S/C9H18BrP/c1-2-8-11(10)9-6-4-3-5-7-9/h9H,2-8H2,1H3. The first-order valence-electron chi connectivity index (χ1n) is 4.77. The molecule has 1 aliphatic rings. The summed E-state index contributed by atoms with van der Waals surface area (Å²) in [5, 5.41) is 0. The minimum atomic E-state index is 0.214. The maximum absolute atomic E-state index is 3.86. The second-order valence-electron chi connectivity index (χ2n) is 3.42. The molecule has 0 spiro atoms. The van der Waals surface area contributed by atoms with E-state index in [0.717, 1.165) is 5.66 Å². The molecule has 1 atom stereocenters. The molecule has 0 saturated heterocycles. The molecule has 0 amide bonds. The van der Waals surface area contributed by atoms with Crippen LogP contribution < -0.4 is 0 Å². The maximum Gasteiger partial charge on any atom is -0.0111 e. The summed E-state index contributed by atoms with van der Waals surface area (Å²) in [6.07, 6.45) is 10.2. The monoisotopic (exact) mass is 236 g/mol. The molecule has 0 aromatic carbocycles. The fourth-order valence-electron chi connectivity index (χ4n) is 1.76. The lowest BCUT2D eigenvalue weighted by Crippen LogP contribution is -2.09. The third-order valence-corrected chi connectivity index (χ3v) is 7.39. The summed E-state index contributed by atoms with van der Waals surface area (Å²) in [4.78, 5) is 0. The Bertz CT molecular complexity index is 99.7. The van der Waals surface area contributed by atoms with Crippen LogP contribution >= 0.6 is 22.1 Å². The van der Waals surface area contributed by atoms with Crippen LogP contribution in [0.15, 0.2) is 0 Å². The molecule has 0 nitrogen and oxygen atoms in total. The van der Waals surface area contributed by atoms with Gasteiger partial charge in [-0.15, -0.1) is 0 Å². The molecule has 0 bridgehead atoms. The zero-order valence-corrected chi connectivity index (χ0v) is 9.83. The molecule has 1 unspecified atom stereocenters. The van der Waals surface area contributed by atoms with E-state index in [0.29, 0.717) is 0 Å². The molecule has 0 N–H and O–H groups in total. The predicted molar refractivity (Wildman–Crippen MR) is 57.9 cm³/mol. The molecule has 0 radical (unpaired) electrons. The Hall–Kier alpha value is 0.910. The summed E-state index contributed by atoms with van der Waals surface area (Å²) in [6, 6.07) is 0. The quantitative estimate of drug-likeness (QED) is 0.633. The Morgan fingerprint density at radius 1 is 1.27 bits per heavy atom. The van der Waals surface area contributed by atoms with Crippen LogP contribution in [0.2, 0.25) is 0 Å². The summed E-state index contributed by atoms with van der Waals surface area (Å²) in [5.74, 6) is 0. The third kappa shape index (κ3) is 3.42. The summed E-state index contributed by atoms with van der Waals surface area (Å²) in [6.45, 7) is 2.50. The van der Waals surface area contributed by atoms with Crippen molar-refractivity contribution < 1.29 is 0 Å². The van der Waals surface area contributed by atoms with Crippen LogP contribution in [0, 0.1) is 0 Å². The topological polar surface area (TPSA) is 0 Å². The summed E-state index contributed by atoms with van der Waals surface area (Å²) < 4.78 is 0. The fourth-order valence-corrected chi connectivity index (χ4v) is 5.77. The molecule has 1 saturated carbocycles. The van der Waals surface area contributed by atoms with Gasteiger partial charge in [0.2, 0.25) is 0 Å². The van der Waals surface area contributed by atoms with Crippen molar-refractivity contribution in [1.82, 2.24) is 0 Å². The van der Waals surface area contributed by atoms with Gasteiger partial charge in [0.1, 0.15) is 0 Å². The van der Waals surface area contributed by atoms with Crippen LogP contribution in [-0.4, -0.2) is 11.8 Å². The normalized spacial score (nSPS) is 23.5. The van der Waals surface area contributed by atoms with Gasteiger partial charge in [0.25, 0.3) is 0 Å². The van der Waals surface area contributed by atoms with Gasteiger partial charge in [0, 0.05) is 0 Å². The van der Waals surface area contributed by atoms with Crippen LogP contribution in [0.1, 0.15) is 45.4 Å². The van der Waals surface area contributed by atoms with Crippen LogP contribution in [0.5, 0.6) is 0 Å². The van der Waals surface area contributed by atoms with Gasteiger partial charge in [0.05, 0.1) is 0 Å². The number of hydrogen-bond acceptors (Lipinski definition) is 0. The van der Waals surface area contributed by atoms with E-state index in [2.05, 4.69) is 22.4 Å². The van der Waals surface area contributed by atoms with Crippen molar-refractivity contribution in [2.24, 2.45) is 0 Å². The van der Waals surface area contributed by atoms with E-state index in [9.17, 15) is 0 Å². The van der Waals surface area contributed by atoms with Crippen molar-refractivity contribution in [3.8, 4) is 0 Å². The Kier molecular flexibility index (Phi) is 5.03. The second kappa shape index (κ2) is 5.54. The fraction of sp³-hybridized carbons (Fsp3) is 1.00. The number of halogens is 1. The SMILES string of the molecule is CCCP(Br)C1CCCCC1. The minimum absolute atomic E-state index is 0.214. The molecule has 0 heterocycles. The maximum atomic E-state index is 3.86. The van der Waals surface area contributed by atoms with Crippen molar-refractivity contribution in [3.63, 3.8) is 0 Å². The molecule has 0 aromatic heterocycles. The highest BCUT2D eigenvalue weighted by Crippen LogP contribution is 2.54. The lowest BCUT2D eigenvalue weighted by molar-refractivity contribution is 0.512. The molecule has 0 aromatic rings. The van der Waals surface area contributed by atoms with Crippen molar-refractivity contribution in [3.05, 3.63) is 0 Å². The first-order valence-corrected chi connectivity index (χ1v) is 8.38. The van der Waals surface area contributed by atoms with Crippen LogP contribution in [0.25, 0.3) is 0 Å². The first-order chi connectivity index (χ1) is 5.34. The highest BCUT2D eigenvalue weighted by Gasteiger charge is 2.19. The van der Waals surface area contributed by atoms with Gasteiger partial charge in [-0.3, -0.25) is 0 Å². The molecule has 11 heavy (non-hydrogen) atoms. The molecule has 1 rings (SSSR count). The Labute approximate surface area is 79.6 Å². The van der Waals surface area contributed by atoms with E-state index in [1.807, 2.05) is 0 Å². The van der Waals surface area contributed by atoms with Gasteiger partial charge >= 0.3 is 0 Å². The van der Waals surface area contributed by atoms with Crippen LogP contribution in [-0.2, 0) is 0 Å². The molecule has 1 fully saturated rings. The van der Waals surface area contributed by atoms with Crippen molar-refractivity contribution in [2.45, 2.75) is 51.1 Å². The molecule has 1 aliphatic carbocycles. The Morgan fingerprint density at radius 2 is 1.91 bits per heavy atom. The molecular weight excluding hydrogens is 219 g/mol. The molecule has 0 aliphatic heterocycles. The zero-order valence-electron chi connectivity index (χ0n) is 7.35. The van der Waals surface area contributed by atoms with Gasteiger partial charge in [-0.25, -0.2) is 0 Å². The highest BCUT2D eigenvalue weighted by atomic mass is 79.9. The van der Waals surface area contributed by atoms with Gasteiger partial charge in [0.15, 0.2) is 0 Å². The van der Waals surface area contributed by atoms with E-state index >= 15 is 0 Å². The Morgan fingerprint density at radius 3 is 2.45 bits per heavy atom. The summed E-state index contributed by atoms with van der Waals surface area (Å²) in [7, 11) is 0. The molecule has 2 heteroatoms. The average Bonchev–Trinajstić information content (AvgIpc) is 2.07. The average molecular weight is 237 g/mol. The van der Waals surface area contributed by atoms with Crippen molar-refractivity contribution in [1.29, 1.82) is 0 Å². The van der Waals surface area contributed by atoms with Crippen LogP contribution in [0.3, 0.4) is 0 Å². The third-order valence-electron chi connectivity index (χ3n) is 2.41. The molecular formula is C9H18BrP. The largest absolute Gasteiger partial charge is 0.0650 e. The number of rotatable bonds is 3. The van der Waals surface area contributed by atoms with Gasteiger partial charge in [-0.05, 0) is 31.3 Å². The second-order valence-corrected chi connectivity index (χ2v) is 8.13. The Balaban J connectivity index is 2.21. The predicted octanol–water partition coefficient (Wildman–Crippen LogP) is 4.52. The van der Waals surface area contributed by atoms with E-state index in [-0.39, 0.29) is 6.62 Å². The van der Waals surface area contributed by atoms with E-state index in [1.54, 1.807) is 0 Å². The van der Waals surface area contributed by atoms with Crippen molar-refractivity contribution in [2.75, 3.05) is 6.16 Å². The summed E-state index contributed by atoms with van der Waals surface area (Å²) in [5.41, 5.74) is 1.05. The van der Waals surface area contributed by atoms with E-state index in [1.165, 1.54) is 44.7 Å². The zero-order chi connectivity index (χ0) is 8.10.